The van der Waals surface area contributed by atoms with Crippen molar-refractivity contribution < 1.29 is 0 Å². The summed E-state index contributed by atoms with van der Waals surface area (Å²) in [4.78, 5) is 5.75. The van der Waals surface area contributed by atoms with Crippen LogP contribution >= 0.6 is 11.3 Å². The Morgan fingerprint density at radius 2 is 1.86 bits per heavy atom. The second-order valence-corrected chi connectivity index (χ2v) is 4.82. The summed E-state index contributed by atoms with van der Waals surface area (Å²) in [6, 6.07) is 0. The van der Waals surface area contributed by atoms with Crippen molar-refractivity contribution >= 4 is 11.3 Å². The van der Waals surface area contributed by atoms with Gasteiger partial charge in [0.05, 0.1) is 11.2 Å². The number of rotatable bonds is 7. The van der Waals surface area contributed by atoms with Gasteiger partial charge in [-0.1, -0.05) is 39.0 Å². The summed E-state index contributed by atoms with van der Waals surface area (Å²) in [6.45, 7) is 4.38. The van der Waals surface area contributed by atoms with Crippen LogP contribution in [0.3, 0.4) is 0 Å². The smallest absolute Gasteiger partial charge is 0.0797 e. The first-order valence-corrected chi connectivity index (χ1v) is 6.61. The highest BCUT2D eigenvalue weighted by Crippen LogP contribution is 2.16. The zero-order chi connectivity index (χ0) is 10.2. The zero-order valence-corrected chi connectivity index (χ0v) is 10.2. The van der Waals surface area contributed by atoms with Gasteiger partial charge in [0.2, 0.25) is 0 Å². The maximum Gasteiger partial charge on any atom is 0.0797 e. The summed E-state index contributed by atoms with van der Waals surface area (Å²) in [6.07, 6.45) is 9.53. The van der Waals surface area contributed by atoms with Crippen LogP contribution < -0.4 is 0 Å². The fourth-order valence-electron chi connectivity index (χ4n) is 1.63. The van der Waals surface area contributed by atoms with Gasteiger partial charge in [-0.05, 0) is 19.8 Å². The Bertz CT molecular complexity index is 242. The van der Waals surface area contributed by atoms with E-state index in [-0.39, 0.29) is 0 Å². The Labute approximate surface area is 91.6 Å². The molecule has 0 amide bonds. The molecule has 14 heavy (non-hydrogen) atoms. The molecule has 1 rings (SSSR count). The summed E-state index contributed by atoms with van der Waals surface area (Å²) in [5, 5.41) is 0. The molecule has 0 radical (unpaired) electrons. The van der Waals surface area contributed by atoms with Crippen LogP contribution in [0, 0.1) is 6.92 Å². The first-order chi connectivity index (χ1) is 6.84. The number of unbranched alkanes of at least 4 members (excludes halogenated alkanes) is 5. The minimum Gasteiger partial charge on any atom is -0.250 e. The lowest BCUT2D eigenvalue weighted by atomic mass is 10.1. The lowest BCUT2D eigenvalue weighted by Crippen LogP contribution is -1.85. The number of hydrogen-bond acceptors (Lipinski definition) is 2. The molecule has 0 aliphatic heterocycles. The molecule has 0 spiro atoms. The predicted molar refractivity (Wildman–Crippen MR) is 63.9 cm³/mol. The highest BCUT2D eigenvalue weighted by atomic mass is 32.1. The number of aryl methyl sites for hydroxylation is 2. The predicted octanol–water partition coefficient (Wildman–Crippen LogP) is 4.35. The van der Waals surface area contributed by atoms with Gasteiger partial charge in [-0.25, -0.2) is 4.98 Å². The van der Waals surface area contributed by atoms with E-state index in [0.29, 0.717) is 0 Å². The molecule has 0 fully saturated rings. The molecular weight excluding hydrogens is 190 g/mol. The van der Waals surface area contributed by atoms with Crippen LogP contribution in [0.15, 0.2) is 5.51 Å². The highest BCUT2D eigenvalue weighted by Gasteiger charge is 2.00. The molecule has 80 valence electrons. The zero-order valence-electron chi connectivity index (χ0n) is 9.38. The van der Waals surface area contributed by atoms with Crippen molar-refractivity contribution in [3.8, 4) is 0 Å². The first kappa shape index (κ1) is 11.7. The minimum atomic E-state index is 1.24. The van der Waals surface area contributed by atoms with Gasteiger partial charge < -0.3 is 0 Å². The maximum absolute atomic E-state index is 4.26. The summed E-state index contributed by atoms with van der Waals surface area (Å²) in [5.41, 5.74) is 3.20. The number of thiazole rings is 1. The molecule has 0 unspecified atom stereocenters. The van der Waals surface area contributed by atoms with E-state index in [4.69, 9.17) is 0 Å². The third kappa shape index (κ3) is 4.23. The van der Waals surface area contributed by atoms with Crippen molar-refractivity contribution in [3.05, 3.63) is 16.1 Å². The van der Waals surface area contributed by atoms with E-state index < -0.39 is 0 Å². The van der Waals surface area contributed by atoms with Gasteiger partial charge in [0, 0.05) is 4.88 Å². The van der Waals surface area contributed by atoms with Gasteiger partial charge in [0.15, 0.2) is 0 Å². The van der Waals surface area contributed by atoms with E-state index in [2.05, 4.69) is 18.8 Å². The fourth-order valence-corrected chi connectivity index (χ4v) is 2.46. The van der Waals surface area contributed by atoms with Crippen LogP contribution in [0.5, 0.6) is 0 Å². The Hall–Kier alpha value is -0.370. The van der Waals surface area contributed by atoms with Gasteiger partial charge in [-0.15, -0.1) is 11.3 Å². The molecule has 0 aliphatic rings. The van der Waals surface area contributed by atoms with E-state index in [1.165, 1.54) is 55.5 Å². The number of nitrogens with zero attached hydrogens (tertiary/aromatic N) is 1. The van der Waals surface area contributed by atoms with Crippen LogP contribution in [0.1, 0.15) is 56.0 Å². The largest absolute Gasteiger partial charge is 0.250 e. The second kappa shape index (κ2) is 6.99. The first-order valence-electron chi connectivity index (χ1n) is 5.73. The van der Waals surface area contributed by atoms with Gasteiger partial charge in [0.1, 0.15) is 0 Å². The number of hydrogen-bond donors (Lipinski definition) is 0. The van der Waals surface area contributed by atoms with Crippen LogP contribution in [0.25, 0.3) is 0 Å². The van der Waals surface area contributed by atoms with Gasteiger partial charge in [0.25, 0.3) is 0 Å². The molecule has 2 heteroatoms. The molecule has 0 N–H and O–H groups in total. The molecule has 0 aromatic carbocycles. The van der Waals surface area contributed by atoms with E-state index in [9.17, 15) is 0 Å². The average molecular weight is 211 g/mol. The van der Waals surface area contributed by atoms with Crippen molar-refractivity contribution in [3.63, 3.8) is 0 Å². The lowest BCUT2D eigenvalue weighted by Gasteiger charge is -1.99. The molecule has 0 saturated carbocycles. The van der Waals surface area contributed by atoms with Crippen molar-refractivity contribution in [1.82, 2.24) is 4.98 Å². The van der Waals surface area contributed by atoms with E-state index in [1.807, 2.05) is 5.51 Å². The fraction of sp³-hybridized carbons (Fsp3) is 0.750. The van der Waals surface area contributed by atoms with Gasteiger partial charge in [-0.3, -0.25) is 0 Å². The van der Waals surface area contributed by atoms with Crippen LogP contribution in [0.2, 0.25) is 0 Å². The second-order valence-electron chi connectivity index (χ2n) is 3.88. The summed E-state index contributed by atoms with van der Waals surface area (Å²) in [5.74, 6) is 0. The number of aromatic nitrogens is 1. The van der Waals surface area contributed by atoms with E-state index >= 15 is 0 Å². The molecule has 0 aliphatic carbocycles. The third-order valence-corrected chi connectivity index (χ3v) is 3.60. The highest BCUT2D eigenvalue weighted by molar-refractivity contribution is 7.09. The SMILES string of the molecule is CCCCCCCCc1scnc1C. The Morgan fingerprint density at radius 3 is 2.50 bits per heavy atom. The van der Waals surface area contributed by atoms with Crippen molar-refractivity contribution in [1.29, 1.82) is 0 Å². The maximum atomic E-state index is 4.26. The average Bonchev–Trinajstić information content (AvgIpc) is 2.58. The molecule has 0 saturated heterocycles. The van der Waals surface area contributed by atoms with Crippen LogP contribution in [-0.2, 0) is 6.42 Å². The standard InChI is InChI=1S/C12H21NS/c1-3-4-5-6-7-8-9-12-11(2)13-10-14-12/h10H,3-9H2,1-2H3. The molecule has 0 bridgehead atoms. The molecule has 1 heterocycles. The molecular formula is C12H21NS. The van der Waals surface area contributed by atoms with Crippen LogP contribution in [0.4, 0.5) is 0 Å². The van der Waals surface area contributed by atoms with E-state index in [1.54, 1.807) is 11.3 Å². The third-order valence-electron chi connectivity index (χ3n) is 2.60. The minimum absolute atomic E-state index is 1.24. The van der Waals surface area contributed by atoms with E-state index in [0.717, 1.165) is 0 Å². The van der Waals surface area contributed by atoms with Crippen molar-refractivity contribution in [2.45, 2.75) is 58.8 Å². The van der Waals surface area contributed by atoms with Gasteiger partial charge >= 0.3 is 0 Å². The van der Waals surface area contributed by atoms with Crippen molar-refractivity contribution in [2.24, 2.45) is 0 Å². The Morgan fingerprint density at radius 1 is 1.14 bits per heavy atom. The lowest BCUT2D eigenvalue weighted by molar-refractivity contribution is 0.608. The molecule has 1 aromatic rings. The Balaban J connectivity index is 2.02. The molecule has 0 atom stereocenters. The summed E-state index contributed by atoms with van der Waals surface area (Å²) >= 11 is 1.81. The summed E-state index contributed by atoms with van der Waals surface area (Å²) < 4.78 is 0. The van der Waals surface area contributed by atoms with Gasteiger partial charge in [-0.2, -0.15) is 0 Å². The quantitative estimate of drug-likeness (QED) is 0.611. The Kier molecular flexibility index (Phi) is 5.85. The topological polar surface area (TPSA) is 12.9 Å². The van der Waals surface area contributed by atoms with Crippen LogP contribution in [-0.4, -0.2) is 4.98 Å². The molecule has 1 nitrogen and oxygen atoms in total. The van der Waals surface area contributed by atoms with Crippen molar-refractivity contribution in [2.75, 3.05) is 0 Å². The summed E-state index contributed by atoms with van der Waals surface area (Å²) in [7, 11) is 0. The normalized spacial score (nSPS) is 10.7. The molecule has 1 aromatic heterocycles. The monoisotopic (exact) mass is 211 g/mol.